The van der Waals surface area contributed by atoms with Crippen LogP contribution in [0.3, 0.4) is 0 Å². The molecule has 0 nitrogen and oxygen atoms in total. The molecular formula is C17H16. The molecule has 0 heterocycles. The molecule has 1 aromatic carbocycles. The molecule has 17 heavy (non-hydrogen) atoms. The van der Waals surface area contributed by atoms with Crippen LogP contribution in [0.25, 0.3) is 6.08 Å². The van der Waals surface area contributed by atoms with E-state index in [-0.39, 0.29) is 0 Å². The van der Waals surface area contributed by atoms with E-state index >= 15 is 0 Å². The summed E-state index contributed by atoms with van der Waals surface area (Å²) in [7, 11) is 0. The van der Waals surface area contributed by atoms with Crippen LogP contribution < -0.4 is 0 Å². The molecule has 0 heteroatoms. The second kappa shape index (κ2) is 4.21. The van der Waals surface area contributed by atoms with Gasteiger partial charge in [-0.1, -0.05) is 67.6 Å². The van der Waals surface area contributed by atoms with Crippen molar-refractivity contribution < 1.29 is 0 Å². The van der Waals surface area contributed by atoms with E-state index in [0.717, 1.165) is 6.42 Å². The van der Waals surface area contributed by atoms with Crippen LogP contribution in [0, 0.1) is 0 Å². The highest BCUT2D eigenvalue weighted by Gasteiger charge is 2.20. The first kappa shape index (κ1) is 10.3. The number of allylic oxidation sites excluding steroid dienone is 7. The molecule has 0 aliphatic heterocycles. The lowest BCUT2D eigenvalue weighted by molar-refractivity contribution is 1.06. The van der Waals surface area contributed by atoms with Gasteiger partial charge in [-0.15, -0.1) is 0 Å². The molecule has 1 aromatic rings. The standard InChI is InChI=1S/C17H16/c1-2-5-13-8-9-15(12-13)17-11-10-14-6-3-4-7-16(14)17/h3-12,17H,2H2,1H3. The van der Waals surface area contributed by atoms with Crippen LogP contribution in [0.15, 0.2) is 65.8 Å². The summed E-state index contributed by atoms with van der Waals surface area (Å²) in [5.41, 5.74) is 5.55. The van der Waals surface area contributed by atoms with E-state index in [9.17, 15) is 0 Å². The number of benzene rings is 1. The van der Waals surface area contributed by atoms with Gasteiger partial charge in [-0.05, 0) is 28.7 Å². The zero-order valence-electron chi connectivity index (χ0n) is 10.1. The Kier molecular flexibility index (Phi) is 2.56. The Balaban J connectivity index is 1.95. The van der Waals surface area contributed by atoms with Crippen LogP contribution in [0.1, 0.15) is 30.4 Å². The molecule has 84 valence electrons. The van der Waals surface area contributed by atoms with E-state index in [0.29, 0.717) is 5.92 Å². The molecular weight excluding hydrogens is 204 g/mol. The minimum atomic E-state index is 0.449. The summed E-state index contributed by atoms with van der Waals surface area (Å²) >= 11 is 0. The van der Waals surface area contributed by atoms with E-state index in [4.69, 9.17) is 0 Å². The lowest BCUT2D eigenvalue weighted by Crippen LogP contribution is -1.94. The molecule has 1 unspecified atom stereocenters. The Labute approximate surface area is 103 Å². The van der Waals surface area contributed by atoms with Crippen molar-refractivity contribution in [1.29, 1.82) is 0 Å². The van der Waals surface area contributed by atoms with Crippen molar-refractivity contribution in [3.63, 3.8) is 0 Å². The summed E-state index contributed by atoms with van der Waals surface area (Å²) in [4.78, 5) is 0. The van der Waals surface area contributed by atoms with Crippen molar-refractivity contribution in [1.82, 2.24) is 0 Å². The molecule has 0 aromatic heterocycles. The van der Waals surface area contributed by atoms with E-state index in [1.165, 1.54) is 22.3 Å². The van der Waals surface area contributed by atoms with Crippen molar-refractivity contribution >= 4 is 6.08 Å². The summed E-state index contributed by atoms with van der Waals surface area (Å²) in [6.07, 6.45) is 14.7. The van der Waals surface area contributed by atoms with Gasteiger partial charge >= 0.3 is 0 Å². The van der Waals surface area contributed by atoms with Crippen molar-refractivity contribution in [2.45, 2.75) is 19.3 Å². The van der Waals surface area contributed by atoms with Crippen molar-refractivity contribution in [3.8, 4) is 0 Å². The van der Waals surface area contributed by atoms with Crippen LogP contribution in [-0.4, -0.2) is 0 Å². The summed E-state index contributed by atoms with van der Waals surface area (Å²) in [6.45, 7) is 2.18. The first-order chi connectivity index (χ1) is 8.38. The van der Waals surface area contributed by atoms with Gasteiger partial charge in [0.2, 0.25) is 0 Å². The maximum absolute atomic E-state index is 2.31. The van der Waals surface area contributed by atoms with Gasteiger partial charge in [0.25, 0.3) is 0 Å². The molecule has 3 rings (SSSR count). The third-order valence-corrected chi connectivity index (χ3v) is 3.40. The Hall–Kier alpha value is -1.82. The van der Waals surface area contributed by atoms with Crippen LogP contribution in [0.5, 0.6) is 0 Å². The smallest absolute Gasteiger partial charge is 0.0278 e. The van der Waals surface area contributed by atoms with Gasteiger partial charge in [-0.2, -0.15) is 0 Å². The predicted molar refractivity (Wildman–Crippen MR) is 73.8 cm³/mol. The van der Waals surface area contributed by atoms with E-state index < -0.39 is 0 Å². The fraction of sp³-hybridized carbons (Fsp3) is 0.176. The lowest BCUT2D eigenvalue weighted by atomic mass is 9.93. The van der Waals surface area contributed by atoms with E-state index in [2.05, 4.69) is 67.6 Å². The molecule has 0 N–H and O–H groups in total. The average Bonchev–Trinajstić information content (AvgIpc) is 2.95. The van der Waals surface area contributed by atoms with Gasteiger partial charge < -0.3 is 0 Å². The summed E-state index contributed by atoms with van der Waals surface area (Å²) in [5, 5.41) is 0. The van der Waals surface area contributed by atoms with Gasteiger partial charge in [0.1, 0.15) is 0 Å². The minimum absolute atomic E-state index is 0.449. The maximum atomic E-state index is 2.31. The first-order valence-electron chi connectivity index (χ1n) is 6.25. The van der Waals surface area contributed by atoms with E-state index in [1.54, 1.807) is 0 Å². The Morgan fingerprint density at radius 1 is 1.12 bits per heavy atom. The van der Waals surface area contributed by atoms with Crippen LogP contribution >= 0.6 is 0 Å². The molecule has 0 amide bonds. The topological polar surface area (TPSA) is 0 Å². The second-order valence-corrected chi connectivity index (χ2v) is 4.56. The average molecular weight is 220 g/mol. The maximum Gasteiger partial charge on any atom is 0.0278 e. The highest BCUT2D eigenvalue weighted by Crippen LogP contribution is 2.38. The number of fused-ring (bicyclic) bond motifs is 1. The highest BCUT2D eigenvalue weighted by molar-refractivity contribution is 5.67. The lowest BCUT2D eigenvalue weighted by Gasteiger charge is -2.10. The SMILES string of the molecule is CCC=C1C=CC(C2C=Cc3ccccc32)=C1. The Morgan fingerprint density at radius 3 is 2.88 bits per heavy atom. The minimum Gasteiger partial charge on any atom is -0.0775 e. The van der Waals surface area contributed by atoms with Crippen LogP contribution in [-0.2, 0) is 0 Å². The van der Waals surface area contributed by atoms with Gasteiger partial charge in [0.15, 0.2) is 0 Å². The number of hydrogen-bond acceptors (Lipinski definition) is 0. The molecule has 2 aliphatic rings. The zero-order valence-corrected chi connectivity index (χ0v) is 10.1. The molecule has 0 saturated carbocycles. The normalized spacial score (nSPS) is 23.2. The van der Waals surface area contributed by atoms with Crippen molar-refractivity contribution in [3.05, 3.63) is 76.9 Å². The summed E-state index contributed by atoms with van der Waals surface area (Å²) in [5.74, 6) is 0.449. The fourth-order valence-corrected chi connectivity index (χ4v) is 2.58. The predicted octanol–water partition coefficient (Wildman–Crippen LogP) is 4.63. The molecule has 0 radical (unpaired) electrons. The van der Waals surface area contributed by atoms with Crippen LogP contribution in [0.4, 0.5) is 0 Å². The van der Waals surface area contributed by atoms with E-state index in [1.807, 2.05) is 0 Å². The Bertz CT molecular complexity index is 553. The Morgan fingerprint density at radius 2 is 2.00 bits per heavy atom. The van der Waals surface area contributed by atoms with Crippen LogP contribution in [0.2, 0.25) is 0 Å². The molecule has 0 spiro atoms. The number of hydrogen-bond donors (Lipinski definition) is 0. The summed E-state index contributed by atoms with van der Waals surface area (Å²) in [6, 6.07) is 8.65. The summed E-state index contributed by atoms with van der Waals surface area (Å²) < 4.78 is 0. The largest absolute Gasteiger partial charge is 0.0775 e. The number of rotatable bonds is 2. The molecule has 1 atom stereocenters. The van der Waals surface area contributed by atoms with Crippen molar-refractivity contribution in [2.24, 2.45) is 0 Å². The zero-order chi connectivity index (χ0) is 11.7. The highest BCUT2D eigenvalue weighted by atomic mass is 14.2. The van der Waals surface area contributed by atoms with Crippen molar-refractivity contribution in [2.75, 3.05) is 0 Å². The fourth-order valence-electron chi connectivity index (χ4n) is 2.58. The molecule has 0 bridgehead atoms. The third kappa shape index (κ3) is 1.80. The van der Waals surface area contributed by atoms with Gasteiger partial charge in [-0.25, -0.2) is 0 Å². The molecule has 2 aliphatic carbocycles. The molecule has 0 saturated heterocycles. The van der Waals surface area contributed by atoms with Gasteiger partial charge in [-0.3, -0.25) is 0 Å². The van der Waals surface area contributed by atoms with Gasteiger partial charge in [0.05, 0.1) is 0 Å². The molecule has 0 fully saturated rings. The monoisotopic (exact) mass is 220 g/mol. The third-order valence-electron chi connectivity index (χ3n) is 3.40. The van der Waals surface area contributed by atoms with Gasteiger partial charge in [0, 0.05) is 5.92 Å². The second-order valence-electron chi connectivity index (χ2n) is 4.56. The quantitative estimate of drug-likeness (QED) is 0.681. The first-order valence-corrected chi connectivity index (χ1v) is 6.25.